The monoisotopic (exact) mass is 211 g/mol. The van der Waals surface area contributed by atoms with Gasteiger partial charge in [0.25, 0.3) is 0 Å². The van der Waals surface area contributed by atoms with Gasteiger partial charge in [-0.05, 0) is 13.0 Å². The van der Waals surface area contributed by atoms with E-state index >= 15 is 0 Å². The highest BCUT2D eigenvalue weighted by Crippen LogP contribution is 2.17. The van der Waals surface area contributed by atoms with E-state index in [0.717, 1.165) is 0 Å². The Morgan fingerprint density at radius 3 is 3.00 bits per heavy atom. The van der Waals surface area contributed by atoms with Crippen molar-refractivity contribution in [2.45, 2.75) is 13.0 Å². The summed E-state index contributed by atoms with van der Waals surface area (Å²) >= 11 is 0. The molecule has 15 heavy (non-hydrogen) atoms. The fraction of sp³-hybridized carbons (Fsp3) is 0.400. The van der Waals surface area contributed by atoms with Crippen LogP contribution < -0.4 is 4.74 Å². The second kappa shape index (κ2) is 5.31. The predicted molar refractivity (Wildman–Crippen MR) is 53.2 cm³/mol. The summed E-state index contributed by atoms with van der Waals surface area (Å²) in [6.07, 6.45) is 2.55. The van der Waals surface area contributed by atoms with Crippen LogP contribution in [-0.2, 0) is 4.74 Å². The van der Waals surface area contributed by atoms with Crippen LogP contribution in [-0.4, -0.2) is 35.9 Å². The average Bonchev–Trinajstić information content (AvgIpc) is 2.18. The van der Waals surface area contributed by atoms with Gasteiger partial charge < -0.3 is 14.6 Å². The van der Waals surface area contributed by atoms with Crippen molar-refractivity contribution in [3.63, 3.8) is 0 Å². The lowest BCUT2D eigenvalue weighted by Crippen LogP contribution is -2.19. The summed E-state index contributed by atoms with van der Waals surface area (Å²) in [5, 5.41) is 8.86. The Morgan fingerprint density at radius 1 is 1.67 bits per heavy atom. The highest BCUT2D eigenvalue weighted by atomic mass is 16.5. The minimum absolute atomic E-state index is 0.0560. The first-order valence-corrected chi connectivity index (χ1v) is 4.48. The highest BCUT2D eigenvalue weighted by Gasteiger charge is 2.13. The summed E-state index contributed by atoms with van der Waals surface area (Å²) in [7, 11) is 1.56. The summed E-state index contributed by atoms with van der Waals surface area (Å²) in [6.45, 7) is 2.21. The van der Waals surface area contributed by atoms with Gasteiger partial charge in [0, 0.05) is 19.5 Å². The van der Waals surface area contributed by atoms with Gasteiger partial charge in [-0.15, -0.1) is 0 Å². The molecule has 1 unspecified atom stereocenters. The summed E-state index contributed by atoms with van der Waals surface area (Å²) in [4.78, 5) is 14.5. The molecule has 0 bridgehead atoms. The van der Waals surface area contributed by atoms with Crippen LogP contribution in [0.15, 0.2) is 18.5 Å². The summed E-state index contributed by atoms with van der Waals surface area (Å²) < 4.78 is 10.3. The van der Waals surface area contributed by atoms with E-state index in [2.05, 4.69) is 4.98 Å². The molecule has 1 atom stereocenters. The van der Waals surface area contributed by atoms with Gasteiger partial charge in [0.2, 0.25) is 0 Å². The van der Waals surface area contributed by atoms with Crippen molar-refractivity contribution in [2.24, 2.45) is 0 Å². The lowest BCUT2D eigenvalue weighted by Gasteiger charge is -2.14. The van der Waals surface area contributed by atoms with E-state index in [4.69, 9.17) is 14.6 Å². The third kappa shape index (κ3) is 3.21. The Hall–Kier alpha value is -1.62. The van der Waals surface area contributed by atoms with Crippen molar-refractivity contribution in [1.29, 1.82) is 0 Å². The number of carboxylic acids is 1. The van der Waals surface area contributed by atoms with E-state index in [1.165, 1.54) is 18.5 Å². The number of carboxylic acid groups (broad SMARTS) is 1. The van der Waals surface area contributed by atoms with Crippen molar-refractivity contribution in [3.05, 3.63) is 24.0 Å². The molecule has 5 heteroatoms. The van der Waals surface area contributed by atoms with Crippen molar-refractivity contribution >= 4 is 5.97 Å². The van der Waals surface area contributed by atoms with Crippen LogP contribution in [0.3, 0.4) is 0 Å². The fourth-order valence-electron chi connectivity index (χ4n) is 1.13. The summed E-state index contributed by atoms with van der Waals surface area (Å²) in [6, 6.07) is 1.52. The summed E-state index contributed by atoms with van der Waals surface area (Å²) in [5.74, 6) is -0.746. The van der Waals surface area contributed by atoms with Gasteiger partial charge in [0.05, 0.1) is 6.61 Å². The van der Waals surface area contributed by atoms with Crippen LogP contribution in [0.1, 0.15) is 17.3 Å². The smallest absolute Gasteiger partial charge is 0.341 e. The first-order chi connectivity index (χ1) is 7.15. The molecule has 1 heterocycles. The van der Waals surface area contributed by atoms with Gasteiger partial charge in [-0.2, -0.15) is 0 Å². The molecule has 1 rings (SSSR count). The molecule has 0 aliphatic carbocycles. The maximum Gasteiger partial charge on any atom is 0.341 e. The minimum atomic E-state index is -1.05. The molecule has 1 aromatic rings. The van der Waals surface area contributed by atoms with Crippen LogP contribution in [0.4, 0.5) is 0 Å². The first-order valence-electron chi connectivity index (χ1n) is 4.48. The van der Waals surface area contributed by atoms with E-state index in [1.54, 1.807) is 14.0 Å². The van der Waals surface area contributed by atoms with E-state index in [-0.39, 0.29) is 11.7 Å². The molecule has 0 spiro atoms. The lowest BCUT2D eigenvalue weighted by atomic mass is 10.2. The van der Waals surface area contributed by atoms with Crippen LogP contribution in [0.25, 0.3) is 0 Å². The van der Waals surface area contributed by atoms with Gasteiger partial charge in [0.1, 0.15) is 17.4 Å². The molecule has 0 radical (unpaired) electrons. The minimum Gasteiger partial charge on any atom is -0.487 e. The van der Waals surface area contributed by atoms with Crippen LogP contribution in [0, 0.1) is 0 Å². The molecule has 0 saturated heterocycles. The van der Waals surface area contributed by atoms with Crippen molar-refractivity contribution < 1.29 is 19.4 Å². The molecule has 0 aromatic carbocycles. The van der Waals surface area contributed by atoms with E-state index in [1.807, 2.05) is 0 Å². The van der Waals surface area contributed by atoms with Crippen LogP contribution in [0.2, 0.25) is 0 Å². The lowest BCUT2D eigenvalue weighted by molar-refractivity contribution is 0.0673. The largest absolute Gasteiger partial charge is 0.487 e. The number of nitrogens with zero attached hydrogens (tertiary/aromatic N) is 1. The maximum absolute atomic E-state index is 10.8. The maximum atomic E-state index is 10.8. The number of hydrogen-bond donors (Lipinski definition) is 1. The zero-order valence-corrected chi connectivity index (χ0v) is 8.64. The molecular formula is C10H13NO4. The van der Waals surface area contributed by atoms with Crippen LogP contribution >= 0.6 is 0 Å². The molecular weight excluding hydrogens is 198 g/mol. The van der Waals surface area contributed by atoms with E-state index in [0.29, 0.717) is 12.4 Å². The third-order valence-electron chi connectivity index (χ3n) is 1.74. The molecule has 1 aromatic heterocycles. The Labute approximate surface area is 87.7 Å². The molecule has 82 valence electrons. The standard InChI is InChI=1S/C10H13NO4/c1-7(6-14-2)15-9-3-4-11-5-8(9)10(12)13/h3-5,7H,6H2,1-2H3,(H,12,13). The third-order valence-corrected chi connectivity index (χ3v) is 1.74. The zero-order chi connectivity index (χ0) is 11.3. The molecule has 5 nitrogen and oxygen atoms in total. The van der Waals surface area contributed by atoms with E-state index < -0.39 is 5.97 Å². The normalized spacial score (nSPS) is 12.1. The number of methoxy groups -OCH3 is 1. The number of aromatic carboxylic acids is 1. The number of ether oxygens (including phenoxy) is 2. The average molecular weight is 211 g/mol. The Kier molecular flexibility index (Phi) is 4.05. The van der Waals surface area contributed by atoms with Gasteiger partial charge >= 0.3 is 5.97 Å². The summed E-state index contributed by atoms with van der Waals surface area (Å²) in [5.41, 5.74) is 0.0560. The molecule has 0 aliphatic rings. The SMILES string of the molecule is COCC(C)Oc1ccncc1C(=O)O. The fourth-order valence-corrected chi connectivity index (χ4v) is 1.13. The van der Waals surface area contributed by atoms with Crippen molar-refractivity contribution in [2.75, 3.05) is 13.7 Å². The Balaban J connectivity index is 2.79. The van der Waals surface area contributed by atoms with Gasteiger partial charge in [-0.1, -0.05) is 0 Å². The zero-order valence-electron chi connectivity index (χ0n) is 8.64. The second-order valence-corrected chi connectivity index (χ2v) is 3.06. The number of carbonyl (C=O) groups is 1. The molecule has 0 aliphatic heterocycles. The van der Waals surface area contributed by atoms with Gasteiger partial charge in [-0.25, -0.2) is 4.79 Å². The molecule has 0 fully saturated rings. The Morgan fingerprint density at radius 2 is 2.40 bits per heavy atom. The van der Waals surface area contributed by atoms with Crippen molar-refractivity contribution in [1.82, 2.24) is 4.98 Å². The predicted octanol–water partition coefficient (Wildman–Crippen LogP) is 1.19. The molecule has 0 amide bonds. The quantitative estimate of drug-likeness (QED) is 0.792. The van der Waals surface area contributed by atoms with Crippen LogP contribution in [0.5, 0.6) is 5.75 Å². The first kappa shape index (κ1) is 11.5. The molecule has 1 N–H and O–H groups in total. The molecule has 0 saturated carbocycles. The highest BCUT2D eigenvalue weighted by molar-refractivity contribution is 5.90. The van der Waals surface area contributed by atoms with Gasteiger partial charge in [-0.3, -0.25) is 4.98 Å². The topological polar surface area (TPSA) is 68.7 Å². The number of rotatable bonds is 5. The number of aromatic nitrogens is 1. The number of pyridine rings is 1. The number of hydrogen-bond acceptors (Lipinski definition) is 4. The second-order valence-electron chi connectivity index (χ2n) is 3.06. The van der Waals surface area contributed by atoms with Crippen molar-refractivity contribution in [3.8, 4) is 5.75 Å². The Bertz CT molecular complexity index is 340. The van der Waals surface area contributed by atoms with E-state index in [9.17, 15) is 4.79 Å². The van der Waals surface area contributed by atoms with Gasteiger partial charge in [0.15, 0.2) is 0 Å².